The van der Waals surface area contributed by atoms with E-state index in [0.29, 0.717) is 5.92 Å². The Morgan fingerprint density at radius 3 is 2.70 bits per heavy atom. The maximum absolute atomic E-state index is 11.7. The molecule has 0 spiro atoms. The molecule has 1 unspecified atom stereocenters. The number of primary amides is 1. The van der Waals surface area contributed by atoms with Crippen LogP contribution in [-0.2, 0) is 4.79 Å². The highest BCUT2D eigenvalue weighted by atomic mass is 16.5. The number of carbonyl (C=O) groups excluding carboxylic acids is 1. The van der Waals surface area contributed by atoms with Gasteiger partial charge in [0.25, 0.3) is 0 Å². The number of nitrogens with two attached hydrogens (primary N) is 1. The monoisotopic (exact) mass is 276 g/mol. The van der Waals surface area contributed by atoms with Crippen LogP contribution in [0.1, 0.15) is 38.5 Å². The van der Waals surface area contributed by atoms with Gasteiger partial charge in [0, 0.05) is 0 Å². The van der Waals surface area contributed by atoms with Crippen molar-refractivity contribution in [2.45, 2.75) is 44.6 Å². The van der Waals surface area contributed by atoms with Crippen molar-refractivity contribution in [3.05, 3.63) is 24.3 Å². The maximum atomic E-state index is 11.7. The van der Waals surface area contributed by atoms with Gasteiger partial charge in [-0.1, -0.05) is 44.2 Å². The van der Waals surface area contributed by atoms with Crippen LogP contribution in [0.25, 0.3) is 0 Å². The number of rotatable bonds is 6. The van der Waals surface area contributed by atoms with Crippen molar-refractivity contribution < 1.29 is 9.53 Å². The van der Waals surface area contributed by atoms with Crippen molar-refractivity contribution in [1.82, 2.24) is 0 Å². The molecule has 1 aromatic carbocycles. The van der Waals surface area contributed by atoms with Gasteiger partial charge in [-0.15, -0.1) is 0 Å². The molecule has 0 bridgehead atoms. The van der Waals surface area contributed by atoms with Gasteiger partial charge in [0.05, 0.1) is 12.8 Å². The third kappa shape index (κ3) is 3.89. The molecule has 0 heterocycles. The minimum absolute atomic E-state index is 0.290. The number of nitrogens with one attached hydrogen (secondary N) is 1. The summed E-state index contributed by atoms with van der Waals surface area (Å²) in [6.07, 6.45) is 7.08. The highest BCUT2D eigenvalue weighted by Gasteiger charge is 2.23. The number of benzene rings is 1. The van der Waals surface area contributed by atoms with Crippen LogP contribution >= 0.6 is 0 Å². The molecule has 110 valence electrons. The number of methoxy groups -OCH3 is 1. The SMILES string of the molecule is COc1ccccc1NC(CC1CCCCC1)C(N)=O. The predicted molar refractivity (Wildman–Crippen MR) is 80.8 cm³/mol. The van der Waals surface area contributed by atoms with E-state index in [1.54, 1.807) is 7.11 Å². The Kier molecular flexibility index (Phi) is 5.27. The fraction of sp³-hybridized carbons (Fsp3) is 0.562. The van der Waals surface area contributed by atoms with Crippen LogP contribution in [0.5, 0.6) is 5.75 Å². The number of anilines is 1. The summed E-state index contributed by atoms with van der Waals surface area (Å²) < 4.78 is 5.30. The lowest BCUT2D eigenvalue weighted by Gasteiger charge is -2.26. The minimum atomic E-state index is -0.325. The number of hydrogen-bond acceptors (Lipinski definition) is 3. The Hall–Kier alpha value is -1.71. The topological polar surface area (TPSA) is 64.3 Å². The quantitative estimate of drug-likeness (QED) is 0.839. The smallest absolute Gasteiger partial charge is 0.239 e. The van der Waals surface area contributed by atoms with Crippen LogP contribution in [0.15, 0.2) is 24.3 Å². The normalized spacial score (nSPS) is 17.4. The van der Waals surface area contributed by atoms with E-state index in [2.05, 4.69) is 5.32 Å². The zero-order valence-corrected chi connectivity index (χ0v) is 12.1. The summed E-state index contributed by atoms with van der Waals surface area (Å²) in [7, 11) is 1.63. The first kappa shape index (κ1) is 14.7. The molecule has 1 fully saturated rings. The van der Waals surface area contributed by atoms with E-state index in [1.165, 1.54) is 32.1 Å². The first-order valence-electron chi connectivity index (χ1n) is 7.39. The largest absolute Gasteiger partial charge is 0.495 e. The summed E-state index contributed by atoms with van der Waals surface area (Å²) in [5, 5.41) is 3.25. The lowest BCUT2D eigenvalue weighted by atomic mass is 9.84. The summed E-state index contributed by atoms with van der Waals surface area (Å²) in [4.78, 5) is 11.7. The van der Waals surface area contributed by atoms with Crippen molar-refractivity contribution in [3.63, 3.8) is 0 Å². The molecular formula is C16H24N2O2. The van der Waals surface area contributed by atoms with Crippen LogP contribution < -0.4 is 15.8 Å². The molecule has 3 N–H and O–H groups in total. The molecule has 1 aromatic rings. The Morgan fingerprint density at radius 2 is 2.05 bits per heavy atom. The van der Waals surface area contributed by atoms with Crippen LogP contribution in [-0.4, -0.2) is 19.1 Å². The molecule has 2 rings (SSSR count). The van der Waals surface area contributed by atoms with Crippen LogP contribution in [0.4, 0.5) is 5.69 Å². The fourth-order valence-electron chi connectivity index (χ4n) is 2.95. The van der Waals surface area contributed by atoms with Gasteiger partial charge >= 0.3 is 0 Å². The molecule has 4 nitrogen and oxygen atoms in total. The van der Waals surface area contributed by atoms with Crippen molar-refractivity contribution in [1.29, 1.82) is 0 Å². The third-order valence-corrected chi connectivity index (χ3v) is 4.07. The van der Waals surface area contributed by atoms with E-state index in [0.717, 1.165) is 17.9 Å². The molecule has 20 heavy (non-hydrogen) atoms. The van der Waals surface area contributed by atoms with E-state index in [1.807, 2.05) is 24.3 Å². The van der Waals surface area contributed by atoms with Crippen LogP contribution in [0.3, 0.4) is 0 Å². The van der Waals surface area contributed by atoms with E-state index in [4.69, 9.17) is 10.5 Å². The molecule has 4 heteroatoms. The van der Waals surface area contributed by atoms with Crippen LogP contribution in [0, 0.1) is 5.92 Å². The molecule has 0 aromatic heterocycles. The highest BCUT2D eigenvalue weighted by molar-refractivity contribution is 5.83. The van der Waals surface area contributed by atoms with Crippen molar-refractivity contribution in [3.8, 4) is 5.75 Å². The second-order valence-corrected chi connectivity index (χ2v) is 5.54. The second kappa shape index (κ2) is 7.17. The summed E-state index contributed by atoms with van der Waals surface area (Å²) >= 11 is 0. The Morgan fingerprint density at radius 1 is 1.35 bits per heavy atom. The number of ether oxygens (including phenoxy) is 1. The molecule has 1 atom stereocenters. The summed E-state index contributed by atoms with van der Waals surface area (Å²) in [5.74, 6) is 1.05. The molecule has 1 amide bonds. The van der Waals surface area contributed by atoms with E-state index in [9.17, 15) is 4.79 Å². The Balaban J connectivity index is 2.03. The van der Waals surface area contributed by atoms with Gasteiger partial charge in [-0.3, -0.25) is 4.79 Å². The lowest BCUT2D eigenvalue weighted by molar-refractivity contribution is -0.119. The van der Waals surface area contributed by atoms with Gasteiger partial charge in [0.15, 0.2) is 0 Å². The number of amides is 1. The second-order valence-electron chi connectivity index (χ2n) is 5.54. The van der Waals surface area contributed by atoms with Crippen molar-refractivity contribution in [2.75, 3.05) is 12.4 Å². The van der Waals surface area contributed by atoms with Crippen molar-refractivity contribution in [2.24, 2.45) is 11.7 Å². The van der Waals surface area contributed by atoms with E-state index >= 15 is 0 Å². The average Bonchev–Trinajstić information content (AvgIpc) is 2.48. The molecule has 1 aliphatic rings. The van der Waals surface area contributed by atoms with Gasteiger partial charge in [0.1, 0.15) is 11.8 Å². The first-order valence-corrected chi connectivity index (χ1v) is 7.39. The van der Waals surface area contributed by atoms with E-state index in [-0.39, 0.29) is 11.9 Å². The molecule has 1 aliphatic carbocycles. The minimum Gasteiger partial charge on any atom is -0.495 e. The number of para-hydroxylation sites is 2. The predicted octanol–water partition coefficient (Wildman–Crippen LogP) is 2.93. The summed E-state index contributed by atoms with van der Waals surface area (Å²) in [6, 6.07) is 7.29. The first-order chi connectivity index (χ1) is 9.70. The van der Waals surface area contributed by atoms with Gasteiger partial charge in [-0.2, -0.15) is 0 Å². The highest BCUT2D eigenvalue weighted by Crippen LogP contribution is 2.30. The zero-order chi connectivity index (χ0) is 14.4. The average molecular weight is 276 g/mol. The fourth-order valence-corrected chi connectivity index (χ4v) is 2.95. The number of hydrogen-bond donors (Lipinski definition) is 2. The molecule has 0 aliphatic heterocycles. The molecule has 0 saturated heterocycles. The number of carbonyl (C=O) groups is 1. The summed E-state index contributed by atoms with van der Waals surface area (Å²) in [6.45, 7) is 0. The van der Waals surface area contributed by atoms with Gasteiger partial charge in [-0.25, -0.2) is 0 Å². The van der Waals surface area contributed by atoms with Gasteiger partial charge in [-0.05, 0) is 24.5 Å². The lowest BCUT2D eigenvalue weighted by Crippen LogP contribution is -2.37. The molecular weight excluding hydrogens is 252 g/mol. The maximum Gasteiger partial charge on any atom is 0.239 e. The Bertz CT molecular complexity index is 442. The standard InChI is InChI=1S/C16H24N2O2/c1-20-15-10-6-5-9-13(15)18-14(16(17)19)11-12-7-3-2-4-8-12/h5-6,9-10,12,14,18H,2-4,7-8,11H2,1H3,(H2,17,19). The molecule has 0 radical (unpaired) electrons. The summed E-state index contributed by atoms with van der Waals surface area (Å²) in [5.41, 5.74) is 6.38. The van der Waals surface area contributed by atoms with Crippen molar-refractivity contribution >= 4 is 11.6 Å². The van der Waals surface area contributed by atoms with Gasteiger partial charge < -0.3 is 15.8 Å². The zero-order valence-electron chi connectivity index (χ0n) is 12.1. The Labute approximate surface area is 120 Å². The van der Waals surface area contributed by atoms with Crippen LogP contribution in [0.2, 0.25) is 0 Å². The molecule has 1 saturated carbocycles. The van der Waals surface area contributed by atoms with Gasteiger partial charge in [0.2, 0.25) is 5.91 Å². The third-order valence-electron chi connectivity index (χ3n) is 4.07. The van der Waals surface area contributed by atoms with E-state index < -0.39 is 0 Å².